The van der Waals surface area contributed by atoms with Gasteiger partial charge in [-0.1, -0.05) is 36.8 Å². The summed E-state index contributed by atoms with van der Waals surface area (Å²) in [6, 6.07) is 14.1. The minimum atomic E-state index is -0.0741. The first-order chi connectivity index (χ1) is 14.2. The lowest BCUT2D eigenvalue weighted by Gasteiger charge is -2.27. The number of carbonyl (C=O) groups is 1. The minimum absolute atomic E-state index is 0.0741. The number of pyridine rings is 1. The molecule has 0 unspecified atom stereocenters. The normalized spacial score (nSPS) is 14.7. The Balaban J connectivity index is 1.43. The van der Waals surface area contributed by atoms with E-state index in [0.717, 1.165) is 36.0 Å². The van der Waals surface area contributed by atoms with E-state index in [1.54, 1.807) is 6.20 Å². The number of piperidine rings is 1. The molecule has 150 valence electrons. The molecule has 2 aromatic heterocycles. The van der Waals surface area contributed by atoms with Crippen molar-refractivity contribution < 1.29 is 4.79 Å². The van der Waals surface area contributed by atoms with Crippen LogP contribution in [0.2, 0.25) is 0 Å². The quantitative estimate of drug-likeness (QED) is 0.658. The van der Waals surface area contributed by atoms with Crippen LogP contribution in [0.4, 0.5) is 0 Å². The zero-order chi connectivity index (χ0) is 20.1. The first-order valence-corrected chi connectivity index (χ1v) is 11.0. The summed E-state index contributed by atoms with van der Waals surface area (Å²) in [7, 11) is 0. The van der Waals surface area contributed by atoms with Crippen LogP contribution in [-0.2, 0) is 13.1 Å². The van der Waals surface area contributed by atoms with Crippen LogP contribution in [0.3, 0.4) is 0 Å². The van der Waals surface area contributed by atoms with E-state index in [0.29, 0.717) is 11.4 Å². The van der Waals surface area contributed by atoms with Gasteiger partial charge in [0.1, 0.15) is 9.88 Å². The summed E-state index contributed by atoms with van der Waals surface area (Å²) in [6.45, 7) is 5.69. The van der Waals surface area contributed by atoms with E-state index in [4.69, 9.17) is 0 Å². The molecule has 0 atom stereocenters. The van der Waals surface area contributed by atoms with Crippen LogP contribution in [0.25, 0.3) is 10.7 Å². The lowest BCUT2D eigenvalue weighted by atomic mass is 10.0. The molecular weight excluding hydrogens is 380 g/mol. The van der Waals surface area contributed by atoms with Crippen molar-refractivity contribution in [3.05, 3.63) is 70.4 Å². The topological polar surface area (TPSA) is 58.1 Å². The number of carbonyl (C=O) groups excluding carboxylic acids is 1. The number of hydrogen-bond acceptors (Lipinski definition) is 5. The molecule has 1 fully saturated rings. The summed E-state index contributed by atoms with van der Waals surface area (Å²) < 4.78 is 0. The number of amides is 1. The number of thiazole rings is 1. The Bertz CT molecular complexity index is 964. The molecule has 3 aromatic rings. The lowest BCUT2D eigenvalue weighted by molar-refractivity contribution is 0.0954. The summed E-state index contributed by atoms with van der Waals surface area (Å²) >= 11 is 1.39. The molecular formula is C23H26N4OS. The molecule has 0 saturated carbocycles. The van der Waals surface area contributed by atoms with Gasteiger partial charge in [-0.2, -0.15) is 0 Å². The fourth-order valence-electron chi connectivity index (χ4n) is 3.70. The van der Waals surface area contributed by atoms with Crippen molar-refractivity contribution in [2.24, 2.45) is 0 Å². The van der Waals surface area contributed by atoms with Crippen LogP contribution in [0.5, 0.6) is 0 Å². The predicted molar refractivity (Wildman–Crippen MR) is 117 cm³/mol. The highest BCUT2D eigenvalue weighted by atomic mass is 32.1. The van der Waals surface area contributed by atoms with Crippen LogP contribution >= 0.6 is 11.3 Å². The number of aryl methyl sites for hydroxylation is 1. The molecule has 29 heavy (non-hydrogen) atoms. The maximum absolute atomic E-state index is 12.8. The summed E-state index contributed by atoms with van der Waals surface area (Å²) in [6.07, 6.45) is 5.64. The van der Waals surface area contributed by atoms with Gasteiger partial charge in [-0.05, 0) is 56.1 Å². The molecule has 3 heterocycles. The molecule has 6 heteroatoms. The van der Waals surface area contributed by atoms with E-state index < -0.39 is 0 Å². The molecule has 1 aromatic carbocycles. The zero-order valence-electron chi connectivity index (χ0n) is 16.7. The number of likely N-dealkylation sites (tertiary alicyclic amines) is 1. The number of hydrogen-bond donors (Lipinski definition) is 1. The molecule has 1 aliphatic rings. The van der Waals surface area contributed by atoms with E-state index >= 15 is 0 Å². The van der Waals surface area contributed by atoms with Crippen molar-refractivity contribution in [1.82, 2.24) is 20.2 Å². The van der Waals surface area contributed by atoms with Gasteiger partial charge < -0.3 is 5.32 Å². The van der Waals surface area contributed by atoms with Crippen molar-refractivity contribution in [3.8, 4) is 10.7 Å². The molecule has 0 bridgehead atoms. The Kier molecular flexibility index (Phi) is 6.32. The summed E-state index contributed by atoms with van der Waals surface area (Å²) in [5, 5.41) is 3.87. The Morgan fingerprint density at radius 1 is 1.07 bits per heavy atom. The third-order valence-corrected chi connectivity index (χ3v) is 6.47. The van der Waals surface area contributed by atoms with Crippen molar-refractivity contribution >= 4 is 17.2 Å². The van der Waals surface area contributed by atoms with Gasteiger partial charge in [0.2, 0.25) is 0 Å². The Labute approximate surface area is 175 Å². The second kappa shape index (κ2) is 9.29. The van der Waals surface area contributed by atoms with Crippen molar-refractivity contribution in [2.45, 2.75) is 39.3 Å². The predicted octanol–water partition coefficient (Wildman–Crippen LogP) is 4.43. The standard InChI is InChI=1S/C23H26N4OS/c1-17-21(29-23(26-17)20-11-5-6-12-24-20)22(28)25-15-18-9-3-4-10-19(18)16-27-13-7-2-8-14-27/h3-6,9-12H,2,7-8,13-16H2,1H3,(H,25,28). The van der Waals surface area contributed by atoms with Gasteiger partial charge in [0, 0.05) is 19.3 Å². The maximum atomic E-state index is 12.8. The van der Waals surface area contributed by atoms with Crippen molar-refractivity contribution in [1.29, 1.82) is 0 Å². The second-order valence-electron chi connectivity index (χ2n) is 7.44. The third-order valence-electron chi connectivity index (χ3n) is 5.29. The van der Waals surface area contributed by atoms with E-state index in [-0.39, 0.29) is 5.91 Å². The molecule has 4 rings (SSSR count). The van der Waals surface area contributed by atoms with E-state index in [1.165, 1.54) is 41.7 Å². The van der Waals surface area contributed by atoms with Gasteiger partial charge in [0.15, 0.2) is 0 Å². The smallest absolute Gasteiger partial charge is 0.263 e. The third kappa shape index (κ3) is 4.89. The number of nitrogens with one attached hydrogen (secondary N) is 1. The van der Waals surface area contributed by atoms with Crippen LogP contribution < -0.4 is 5.32 Å². The van der Waals surface area contributed by atoms with Gasteiger partial charge in [-0.15, -0.1) is 11.3 Å². The lowest BCUT2D eigenvalue weighted by Crippen LogP contribution is -2.30. The number of benzene rings is 1. The Morgan fingerprint density at radius 3 is 2.59 bits per heavy atom. The first-order valence-electron chi connectivity index (χ1n) is 10.2. The molecule has 1 aliphatic heterocycles. The summed E-state index contributed by atoms with van der Waals surface area (Å²) in [5.41, 5.74) is 4.02. The van der Waals surface area contributed by atoms with Crippen molar-refractivity contribution in [2.75, 3.05) is 13.1 Å². The van der Waals surface area contributed by atoms with Crippen LogP contribution in [0, 0.1) is 6.92 Å². The van der Waals surface area contributed by atoms with E-state index in [2.05, 4.69) is 38.4 Å². The summed E-state index contributed by atoms with van der Waals surface area (Å²) in [5.74, 6) is -0.0741. The Hall–Kier alpha value is -2.57. The van der Waals surface area contributed by atoms with Gasteiger partial charge in [-0.25, -0.2) is 4.98 Å². The fourth-order valence-corrected chi connectivity index (χ4v) is 4.66. The molecule has 0 aliphatic carbocycles. The molecule has 5 nitrogen and oxygen atoms in total. The SMILES string of the molecule is Cc1nc(-c2ccccn2)sc1C(=O)NCc1ccccc1CN1CCCCC1. The molecule has 1 saturated heterocycles. The number of rotatable bonds is 6. The monoisotopic (exact) mass is 406 g/mol. The largest absolute Gasteiger partial charge is 0.347 e. The van der Waals surface area contributed by atoms with E-state index in [1.807, 2.05) is 31.2 Å². The average Bonchev–Trinajstić information content (AvgIpc) is 3.16. The molecule has 1 N–H and O–H groups in total. The minimum Gasteiger partial charge on any atom is -0.347 e. The van der Waals surface area contributed by atoms with Crippen LogP contribution in [0.15, 0.2) is 48.7 Å². The number of aromatic nitrogens is 2. The average molecular weight is 407 g/mol. The van der Waals surface area contributed by atoms with Gasteiger partial charge in [0.25, 0.3) is 5.91 Å². The van der Waals surface area contributed by atoms with Crippen LogP contribution in [0.1, 0.15) is 45.8 Å². The summed E-state index contributed by atoms with van der Waals surface area (Å²) in [4.78, 5) is 24.9. The second-order valence-corrected chi connectivity index (χ2v) is 8.44. The maximum Gasteiger partial charge on any atom is 0.263 e. The highest BCUT2D eigenvalue weighted by molar-refractivity contribution is 7.17. The van der Waals surface area contributed by atoms with Gasteiger partial charge in [-0.3, -0.25) is 14.7 Å². The fraction of sp³-hybridized carbons (Fsp3) is 0.348. The first kappa shape index (κ1) is 19.7. The molecule has 0 spiro atoms. The molecule has 1 amide bonds. The Morgan fingerprint density at radius 2 is 1.83 bits per heavy atom. The number of nitrogens with zero attached hydrogens (tertiary/aromatic N) is 3. The van der Waals surface area contributed by atoms with Crippen LogP contribution in [-0.4, -0.2) is 33.9 Å². The van der Waals surface area contributed by atoms with Gasteiger partial charge >= 0.3 is 0 Å². The highest BCUT2D eigenvalue weighted by Gasteiger charge is 2.17. The highest BCUT2D eigenvalue weighted by Crippen LogP contribution is 2.26. The van der Waals surface area contributed by atoms with Crippen molar-refractivity contribution in [3.63, 3.8) is 0 Å². The van der Waals surface area contributed by atoms with E-state index in [9.17, 15) is 4.79 Å². The van der Waals surface area contributed by atoms with Gasteiger partial charge in [0.05, 0.1) is 11.4 Å². The zero-order valence-corrected chi connectivity index (χ0v) is 17.5. The molecule has 0 radical (unpaired) electrons.